The summed E-state index contributed by atoms with van der Waals surface area (Å²) in [5.41, 5.74) is 0. The largest absolute Gasteiger partial charge is 0.355 e. The van der Waals surface area contributed by atoms with Crippen molar-refractivity contribution in [1.29, 1.82) is 0 Å². The molecule has 1 aliphatic heterocycles. The van der Waals surface area contributed by atoms with Gasteiger partial charge in [0.1, 0.15) is 6.04 Å². The summed E-state index contributed by atoms with van der Waals surface area (Å²) in [7, 11) is 0. The summed E-state index contributed by atoms with van der Waals surface area (Å²) >= 11 is 0. The van der Waals surface area contributed by atoms with Crippen LogP contribution in [0.4, 0.5) is 0 Å². The van der Waals surface area contributed by atoms with Crippen LogP contribution in [0.3, 0.4) is 0 Å². The Hall–Kier alpha value is -1.06. The highest BCUT2D eigenvalue weighted by atomic mass is 16.2. The second kappa shape index (κ2) is 4.21. The van der Waals surface area contributed by atoms with Gasteiger partial charge in [0.15, 0.2) is 0 Å². The Morgan fingerprint density at radius 1 is 1.53 bits per heavy atom. The topological polar surface area (TPSA) is 49.4 Å². The van der Waals surface area contributed by atoms with E-state index in [1.807, 2.05) is 6.92 Å². The molecule has 2 fully saturated rings. The van der Waals surface area contributed by atoms with E-state index in [1.165, 1.54) is 12.8 Å². The molecule has 2 rings (SSSR count). The van der Waals surface area contributed by atoms with Gasteiger partial charge in [0, 0.05) is 13.1 Å². The maximum Gasteiger partial charge on any atom is 0.243 e. The Balaban J connectivity index is 2.11. The molecule has 15 heavy (non-hydrogen) atoms. The first kappa shape index (κ1) is 10.5. The van der Waals surface area contributed by atoms with Gasteiger partial charge in [0.2, 0.25) is 12.3 Å². The zero-order valence-electron chi connectivity index (χ0n) is 9.11. The summed E-state index contributed by atoms with van der Waals surface area (Å²) < 4.78 is 0. The second-order valence-corrected chi connectivity index (χ2v) is 4.50. The lowest BCUT2D eigenvalue weighted by atomic mass is 9.93. The van der Waals surface area contributed by atoms with Gasteiger partial charge in [0.25, 0.3) is 0 Å². The van der Waals surface area contributed by atoms with E-state index in [2.05, 4.69) is 5.32 Å². The normalized spacial score (nSPS) is 33.9. The number of nitrogens with one attached hydrogen (secondary N) is 1. The first-order valence-corrected chi connectivity index (χ1v) is 5.76. The van der Waals surface area contributed by atoms with Crippen LogP contribution in [0.25, 0.3) is 0 Å². The van der Waals surface area contributed by atoms with E-state index in [4.69, 9.17) is 0 Å². The maximum atomic E-state index is 11.8. The standard InChI is InChI=1S/C11H18N2O2/c1-2-12-11(15)10-9-5-3-4-8(9)6-13(10)7-14/h7-10H,2-6H2,1H3,(H,12,15)/t8-,9-,10-/m0/s1. The highest BCUT2D eigenvalue weighted by Crippen LogP contribution is 2.41. The van der Waals surface area contributed by atoms with Crippen molar-refractivity contribution >= 4 is 12.3 Å². The lowest BCUT2D eigenvalue weighted by molar-refractivity contribution is -0.132. The van der Waals surface area contributed by atoms with Crippen LogP contribution in [0, 0.1) is 11.8 Å². The minimum Gasteiger partial charge on any atom is -0.355 e. The summed E-state index contributed by atoms with van der Waals surface area (Å²) in [6, 6.07) is -0.199. The first-order valence-electron chi connectivity index (χ1n) is 5.76. The smallest absolute Gasteiger partial charge is 0.243 e. The Bertz CT molecular complexity index is 267. The molecule has 0 unspecified atom stereocenters. The van der Waals surface area contributed by atoms with Gasteiger partial charge in [-0.2, -0.15) is 0 Å². The average molecular weight is 210 g/mol. The molecule has 0 bridgehead atoms. The van der Waals surface area contributed by atoms with Crippen molar-refractivity contribution in [2.24, 2.45) is 11.8 Å². The van der Waals surface area contributed by atoms with Gasteiger partial charge >= 0.3 is 0 Å². The third-order valence-electron chi connectivity index (χ3n) is 3.68. The lowest BCUT2D eigenvalue weighted by Gasteiger charge is -2.22. The summed E-state index contributed by atoms with van der Waals surface area (Å²) in [6.07, 6.45) is 4.30. The molecular weight excluding hydrogens is 192 g/mol. The van der Waals surface area contributed by atoms with Crippen LogP contribution in [0.1, 0.15) is 26.2 Å². The molecule has 0 spiro atoms. The molecule has 1 aliphatic carbocycles. The number of hydrogen-bond acceptors (Lipinski definition) is 2. The average Bonchev–Trinajstić information content (AvgIpc) is 2.75. The fraction of sp³-hybridized carbons (Fsp3) is 0.818. The van der Waals surface area contributed by atoms with Gasteiger partial charge in [-0.3, -0.25) is 9.59 Å². The molecule has 0 radical (unpaired) electrons. The molecule has 1 heterocycles. The van der Waals surface area contributed by atoms with E-state index >= 15 is 0 Å². The predicted octanol–water partition coefficient (Wildman–Crippen LogP) is 0.379. The molecule has 4 heteroatoms. The minimum atomic E-state index is -0.199. The van der Waals surface area contributed by atoms with Crippen molar-refractivity contribution in [3.63, 3.8) is 0 Å². The van der Waals surface area contributed by atoms with Crippen LogP contribution in [-0.4, -0.2) is 36.3 Å². The fourth-order valence-corrected chi connectivity index (χ4v) is 3.07. The number of hydrogen-bond donors (Lipinski definition) is 1. The van der Waals surface area contributed by atoms with Crippen LogP contribution in [0.2, 0.25) is 0 Å². The van der Waals surface area contributed by atoms with Gasteiger partial charge in [-0.05, 0) is 31.6 Å². The van der Waals surface area contributed by atoms with E-state index in [1.54, 1.807) is 4.90 Å². The molecule has 0 aromatic heterocycles. The highest BCUT2D eigenvalue weighted by Gasteiger charge is 2.46. The van der Waals surface area contributed by atoms with Crippen LogP contribution in [-0.2, 0) is 9.59 Å². The SMILES string of the molecule is CCNC(=O)[C@@H]1[C@H]2CCC[C@H]2CN1C=O. The molecule has 2 aliphatic rings. The number of rotatable bonds is 3. The molecule has 4 nitrogen and oxygen atoms in total. The highest BCUT2D eigenvalue weighted by molar-refractivity contribution is 5.84. The van der Waals surface area contributed by atoms with Crippen LogP contribution >= 0.6 is 0 Å². The van der Waals surface area contributed by atoms with E-state index in [-0.39, 0.29) is 11.9 Å². The van der Waals surface area contributed by atoms with Gasteiger partial charge in [-0.15, -0.1) is 0 Å². The molecule has 2 amide bonds. The van der Waals surface area contributed by atoms with Gasteiger partial charge in [0.05, 0.1) is 0 Å². The van der Waals surface area contributed by atoms with Crippen molar-refractivity contribution in [2.45, 2.75) is 32.2 Å². The summed E-state index contributed by atoms with van der Waals surface area (Å²) in [4.78, 5) is 24.4. The Morgan fingerprint density at radius 3 is 3.00 bits per heavy atom. The van der Waals surface area contributed by atoms with Crippen molar-refractivity contribution < 1.29 is 9.59 Å². The third kappa shape index (κ3) is 1.73. The van der Waals surface area contributed by atoms with Crippen molar-refractivity contribution in [1.82, 2.24) is 10.2 Å². The van der Waals surface area contributed by atoms with E-state index in [9.17, 15) is 9.59 Å². The van der Waals surface area contributed by atoms with E-state index < -0.39 is 0 Å². The zero-order chi connectivity index (χ0) is 10.8. The number of fused-ring (bicyclic) bond motifs is 1. The summed E-state index contributed by atoms with van der Waals surface area (Å²) in [6.45, 7) is 3.32. The molecule has 0 aromatic rings. The van der Waals surface area contributed by atoms with Crippen molar-refractivity contribution in [2.75, 3.05) is 13.1 Å². The number of likely N-dealkylation sites (N-methyl/N-ethyl adjacent to an activating group) is 1. The number of likely N-dealkylation sites (tertiary alicyclic amines) is 1. The lowest BCUT2D eigenvalue weighted by Crippen LogP contribution is -2.45. The zero-order valence-corrected chi connectivity index (χ0v) is 9.11. The fourth-order valence-electron chi connectivity index (χ4n) is 3.07. The van der Waals surface area contributed by atoms with Crippen LogP contribution in [0.5, 0.6) is 0 Å². The number of amides is 2. The molecule has 1 N–H and O–H groups in total. The molecule has 1 saturated carbocycles. The summed E-state index contributed by atoms with van der Waals surface area (Å²) in [5, 5.41) is 2.82. The van der Waals surface area contributed by atoms with Gasteiger partial charge < -0.3 is 10.2 Å². The molecular formula is C11H18N2O2. The van der Waals surface area contributed by atoms with Crippen LogP contribution < -0.4 is 5.32 Å². The summed E-state index contributed by atoms with van der Waals surface area (Å²) in [5.74, 6) is 0.989. The van der Waals surface area contributed by atoms with Gasteiger partial charge in [-0.25, -0.2) is 0 Å². The molecule has 1 saturated heterocycles. The molecule has 84 valence electrons. The van der Waals surface area contributed by atoms with E-state index in [0.29, 0.717) is 18.4 Å². The minimum absolute atomic E-state index is 0.0269. The quantitative estimate of drug-likeness (QED) is 0.685. The second-order valence-electron chi connectivity index (χ2n) is 4.50. The van der Waals surface area contributed by atoms with Crippen molar-refractivity contribution in [3.05, 3.63) is 0 Å². The van der Waals surface area contributed by atoms with Crippen molar-refractivity contribution in [3.8, 4) is 0 Å². The number of nitrogens with zero attached hydrogens (tertiary/aromatic N) is 1. The van der Waals surface area contributed by atoms with Crippen LogP contribution in [0.15, 0.2) is 0 Å². The van der Waals surface area contributed by atoms with Gasteiger partial charge in [-0.1, -0.05) is 6.42 Å². The predicted molar refractivity (Wildman–Crippen MR) is 56.1 cm³/mol. The molecule has 0 aromatic carbocycles. The monoisotopic (exact) mass is 210 g/mol. The molecule has 3 atom stereocenters. The first-order chi connectivity index (χ1) is 7.27. The Labute approximate surface area is 90.0 Å². The van der Waals surface area contributed by atoms with E-state index in [0.717, 1.165) is 19.4 Å². The Kier molecular flexibility index (Phi) is 2.93. The maximum absolute atomic E-state index is 11.8. The third-order valence-corrected chi connectivity index (χ3v) is 3.68. The Morgan fingerprint density at radius 2 is 2.33 bits per heavy atom. The number of carbonyl (C=O) groups excluding carboxylic acids is 2. The number of carbonyl (C=O) groups is 2.